The third-order valence-electron chi connectivity index (χ3n) is 15.8. The first kappa shape index (κ1) is 26.0. The van der Waals surface area contributed by atoms with Gasteiger partial charge in [0.15, 0.2) is 8.07 Å². The molecule has 444 valence electrons. The molecule has 15 rings (SSSR count). The summed E-state index contributed by atoms with van der Waals surface area (Å²) in [5, 5.41) is -4.00. The number of hydrogen-bond acceptors (Lipinski definition) is 2. The van der Waals surface area contributed by atoms with E-state index in [2.05, 4.69) is 11.3 Å². The molecule has 5 nitrogen and oxygen atoms in total. The highest BCUT2D eigenvalue weighted by molar-refractivity contribution is 7.19. The van der Waals surface area contributed by atoms with Crippen molar-refractivity contribution in [2.75, 3.05) is 0 Å². The van der Waals surface area contributed by atoms with Crippen molar-refractivity contribution in [3.63, 3.8) is 0 Å². The van der Waals surface area contributed by atoms with Gasteiger partial charge in [-0.15, -0.1) is 0 Å². The molecule has 14 aromatic rings. The van der Waals surface area contributed by atoms with Gasteiger partial charge < -0.3 is 4.74 Å². The average Bonchev–Trinajstić information content (AvgIpc) is 0.755. The highest BCUT2D eigenvalue weighted by atomic mass is 28.3. The minimum absolute atomic E-state index is 0.00577. The van der Waals surface area contributed by atoms with Crippen LogP contribution < -0.4 is 30.1 Å². The fourth-order valence-corrected chi connectivity index (χ4v) is 15.0. The molecule has 91 heavy (non-hydrogen) atoms. The molecule has 0 aliphatic heterocycles. The van der Waals surface area contributed by atoms with Gasteiger partial charge >= 0.3 is 0 Å². The SMILES string of the molecule is [2H]c1c([2H])c([2H])c(-c2cnc(-n3c4ccccc4c4ccc(Oc5cccc(-n6[c-][n+](-c7c(-c8c([2H])c([2H])c9c(c8[2H])C(C([2H])([2H])[2H])(C([2H])([2H])[2H])C([2H])([2H])C([2H])([2H])C9(C([2H])([2H])[2H])C([2H])([2H])[2H])cc(C(C)(C)C)cc7-c7c([2H])c([2H])c([2H])c([Si](c8c([2H])c([2H])c([2H])c([2H])c8[2H])(c8c([2H])c([2H])c([2H])c([2H])c8[2H])c8c([2H])c([2H])c([2H])c([2H])c8[2H])c7[2H])c7ccccc76)c5)cc43)cc2C([2H])([2H])[2H])c([2H])c1[2H]. The Labute approximate surface area is 600 Å². The maximum absolute atomic E-state index is 11.3. The summed E-state index contributed by atoms with van der Waals surface area (Å²) in [7, 11) is -6.81. The van der Waals surface area contributed by atoms with Crippen LogP contribution >= 0.6 is 0 Å². The maximum Gasteiger partial charge on any atom is 0.269 e. The van der Waals surface area contributed by atoms with Crippen molar-refractivity contribution in [3.8, 4) is 62.1 Å². The number of fused-ring (bicyclic) bond motifs is 5. The van der Waals surface area contributed by atoms with E-state index in [1.807, 2.05) is 0 Å². The lowest BCUT2D eigenvalue weighted by molar-refractivity contribution is -0.571. The smallest absolute Gasteiger partial charge is 0.269 e. The van der Waals surface area contributed by atoms with Crippen molar-refractivity contribution < 1.29 is 72.4 Å². The van der Waals surface area contributed by atoms with Crippen LogP contribution in [0.4, 0.5) is 0 Å². The van der Waals surface area contributed by atoms with E-state index in [0.29, 0.717) is 21.8 Å². The lowest BCUT2D eigenvalue weighted by Crippen LogP contribution is -2.74. The van der Waals surface area contributed by atoms with Crippen LogP contribution in [0.25, 0.3) is 83.4 Å². The molecule has 11 aromatic carbocycles. The number of nitrogens with zero attached hydrogens (tertiary/aromatic N) is 4. The van der Waals surface area contributed by atoms with E-state index < -0.39 is 305 Å². The van der Waals surface area contributed by atoms with Gasteiger partial charge in [0.25, 0.3) is 6.33 Å². The molecule has 0 unspecified atom stereocenters. The van der Waals surface area contributed by atoms with E-state index >= 15 is 0 Å². The molecule has 1 aliphatic carbocycles. The van der Waals surface area contributed by atoms with Crippen LogP contribution in [-0.4, -0.2) is 22.2 Å². The Balaban J connectivity index is 1.11. The second-order valence-electron chi connectivity index (χ2n) is 22.4. The van der Waals surface area contributed by atoms with Crippen molar-refractivity contribution in [3.05, 3.63) is 307 Å². The van der Waals surface area contributed by atoms with Gasteiger partial charge in [-0.25, -0.2) is 4.98 Å². The van der Waals surface area contributed by atoms with Crippen LogP contribution in [0.15, 0.2) is 279 Å². The first-order valence-corrected chi connectivity index (χ1v) is 30.1. The zero-order valence-corrected chi connectivity index (χ0v) is 49.2. The summed E-state index contributed by atoms with van der Waals surface area (Å²) < 4.78 is 445. The van der Waals surface area contributed by atoms with Gasteiger partial charge in [0, 0.05) is 54.6 Å². The number of hydrogen-bond donors (Lipinski definition) is 0. The molecule has 6 heteroatoms. The number of benzene rings is 11. The molecule has 0 bridgehead atoms. The molecular weight excluding hydrogens is 1120 g/mol. The van der Waals surface area contributed by atoms with Gasteiger partial charge in [0.1, 0.15) is 17.3 Å². The normalized spacial score (nSPS) is 22.8. The predicted octanol–water partition coefficient (Wildman–Crippen LogP) is 18.3. The van der Waals surface area contributed by atoms with Gasteiger partial charge in [-0.1, -0.05) is 272 Å². The molecular formula is C85H74N4OSi. The molecule has 0 N–H and O–H groups in total. The highest BCUT2D eigenvalue weighted by Crippen LogP contribution is 2.48. The lowest BCUT2D eigenvalue weighted by atomic mass is 9.63. The van der Waals surface area contributed by atoms with E-state index in [-0.39, 0.29) is 45.2 Å². The third-order valence-corrected chi connectivity index (χ3v) is 19.8. The van der Waals surface area contributed by atoms with Gasteiger partial charge in [-0.3, -0.25) is 13.7 Å². The Kier molecular flexibility index (Phi) is 6.40. The number of ether oxygens (including phenoxy) is 1. The molecule has 3 aromatic heterocycles. The molecule has 0 atom stereocenters. The lowest BCUT2D eigenvalue weighted by Gasteiger charge is -2.42. The number of imidazole rings is 1. The number of aromatic nitrogens is 4. The second-order valence-corrected chi connectivity index (χ2v) is 25.9. The third kappa shape index (κ3) is 10.0. The van der Waals surface area contributed by atoms with Crippen molar-refractivity contribution >= 4 is 61.7 Å². The Morgan fingerprint density at radius 1 is 0.538 bits per heavy atom. The Morgan fingerprint density at radius 2 is 1.13 bits per heavy atom. The first-order chi connectivity index (χ1) is 63.1. The highest BCUT2D eigenvalue weighted by Gasteiger charge is 2.42. The number of aryl methyl sites for hydroxylation is 1. The monoisotopic (exact) mass is 1240 g/mol. The summed E-state index contributed by atoms with van der Waals surface area (Å²) in [5.74, 6) is 0.0543. The second kappa shape index (κ2) is 22.4. The zero-order valence-electron chi connectivity index (χ0n) is 94.2. The van der Waals surface area contributed by atoms with Crippen molar-refractivity contribution in [2.45, 2.75) is 84.0 Å². The molecule has 3 heterocycles. The maximum atomic E-state index is 11.3. The minimum atomic E-state index is -6.81. The Bertz CT molecular complexity index is 7270. The van der Waals surface area contributed by atoms with Crippen LogP contribution in [0.1, 0.15) is 146 Å². The van der Waals surface area contributed by atoms with E-state index in [1.165, 1.54) is 79.9 Å². The predicted molar refractivity (Wildman–Crippen MR) is 381 cm³/mol. The van der Waals surface area contributed by atoms with Crippen LogP contribution in [0.3, 0.4) is 0 Å². The van der Waals surface area contributed by atoms with E-state index in [1.54, 1.807) is 47.0 Å². The largest absolute Gasteiger partial charge is 0.458 e. The summed E-state index contributed by atoms with van der Waals surface area (Å²) in [6.07, 6.45) is -5.46. The van der Waals surface area contributed by atoms with E-state index in [4.69, 9.17) is 28.0 Å². The van der Waals surface area contributed by atoms with E-state index in [9.17, 15) is 39.8 Å². The molecule has 0 radical (unpaired) electrons. The zero-order chi connectivity index (χ0) is 102. The summed E-state index contributed by atoms with van der Waals surface area (Å²) in [6, 6.07) is -7.48. The average molecular weight is 1240 g/mol. The fraction of sp³-hybridized carbons (Fsp3) is 0.153. The van der Waals surface area contributed by atoms with Gasteiger partial charge in [0.05, 0.1) is 70.5 Å². The number of pyridine rings is 1. The summed E-state index contributed by atoms with van der Waals surface area (Å²) in [6.45, 7) is -16.9. The van der Waals surface area contributed by atoms with Crippen LogP contribution in [0, 0.1) is 13.2 Å². The Hall–Kier alpha value is -10.1. The van der Waals surface area contributed by atoms with Gasteiger partial charge in [0.2, 0.25) is 0 Å². The van der Waals surface area contributed by atoms with Crippen molar-refractivity contribution in [1.82, 2.24) is 14.1 Å². The summed E-state index contributed by atoms with van der Waals surface area (Å²) >= 11 is 0. The number of rotatable bonds is 12. The van der Waals surface area contributed by atoms with Crippen LogP contribution in [0.2, 0.25) is 0 Å². The van der Waals surface area contributed by atoms with Crippen molar-refractivity contribution in [1.29, 1.82) is 0 Å². The topological polar surface area (TPSA) is 35.9 Å². The Morgan fingerprint density at radius 3 is 1.80 bits per heavy atom. The van der Waals surface area contributed by atoms with Crippen LogP contribution in [0.5, 0.6) is 11.5 Å². The molecule has 0 saturated carbocycles. The summed E-state index contributed by atoms with van der Waals surface area (Å²) in [4.78, 5) is 4.67. The molecule has 0 spiro atoms. The quantitative estimate of drug-likeness (QED) is 0.0529. The van der Waals surface area contributed by atoms with E-state index in [0.717, 1.165) is 22.9 Å². The van der Waals surface area contributed by atoms with Gasteiger partial charge in [-0.05, 0) is 149 Å². The van der Waals surface area contributed by atoms with Crippen molar-refractivity contribution in [2.24, 2.45) is 0 Å². The molecule has 0 amide bonds. The first-order valence-electron chi connectivity index (χ1n) is 51.1. The fourth-order valence-electron chi connectivity index (χ4n) is 11.5. The minimum Gasteiger partial charge on any atom is -0.458 e. The molecule has 0 saturated heterocycles. The summed E-state index contributed by atoms with van der Waals surface area (Å²) in [5.41, 5.74) is -20.4. The molecule has 0 fully saturated rings. The standard InChI is InChI=1S/C85H74N4OSi/c1-58-49-81(86-56-74(58)59-27-13-9-14-28-59)89-77-40-22-21-39-70(77)71-45-44-65(55-80(71)89)90-64-31-26-30-63(54-64)87-57-88(79-42-24-23-41-78(79)87)82-72(52-62(83(2,3)4)53-73(82)61-43-46-75-76(51-61)85(7,8)48-47-84(75,5)6)60-29-25-38-69(50-60)91(66-32-15-10-16-33-66,67-34-17-11-18-35-67)68-36-19-12-20-37-68/h9-46,49-56H,47-48H2,1-8H3/i1D3,5D3,6D3,7D3,8D3,9D,10D,11D,12D,13D,14D,15D,16D,17D,18D,19D,20D,25D,27D,28D,29D,32D,33D,34D,35D,36D,37D,38D,43D,46D,47D2,48D2,50D,51D. The molecule has 1 aliphatic rings. The number of para-hydroxylation sites is 3. The van der Waals surface area contributed by atoms with Crippen LogP contribution in [-0.2, 0) is 16.2 Å². The van der Waals surface area contributed by atoms with Gasteiger partial charge in [-0.2, -0.15) is 0 Å².